The van der Waals surface area contributed by atoms with E-state index in [0.717, 1.165) is 17.9 Å². The molecule has 0 bridgehead atoms. The fourth-order valence-electron chi connectivity index (χ4n) is 2.70. The van der Waals surface area contributed by atoms with Crippen LogP contribution in [-0.2, 0) is 16.1 Å². The lowest BCUT2D eigenvalue weighted by molar-refractivity contribution is -0.131. The average molecular weight is 335 g/mol. The lowest BCUT2D eigenvalue weighted by Gasteiger charge is -2.32. The molecular weight excluding hydrogens is 314 g/mol. The number of aromatic nitrogens is 3. The first-order valence-electron chi connectivity index (χ1n) is 7.56. The second kappa shape index (κ2) is 8.37. The van der Waals surface area contributed by atoms with Crippen molar-refractivity contribution in [1.29, 1.82) is 0 Å². The van der Waals surface area contributed by atoms with Gasteiger partial charge in [0, 0.05) is 13.1 Å². The molecule has 9 heteroatoms. The van der Waals surface area contributed by atoms with Gasteiger partial charge in [0.1, 0.15) is 6.33 Å². The normalized spacial score (nSPS) is 20.9. The summed E-state index contributed by atoms with van der Waals surface area (Å²) in [5, 5.41) is 23.9. The molecule has 130 valence electrons. The van der Waals surface area contributed by atoms with Crippen LogP contribution in [0.1, 0.15) is 12.1 Å². The lowest BCUT2D eigenvalue weighted by Crippen LogP contribution is -2.48. The molecular formula is C15H21N5O4. The number of rotatable bonds is 3. The fraction of sp³-hybridized carbons (Fsp3) is 0.467. The lowest BCUT2D eigenvalue weighted by atomic mass is 9.94. The number of hydrogen-bond donors (Lipinski definition) is 3. The van der Waals surface area contributed by atoms with Crippen molar-refractivity contribution in [1.82, 2.24) is 24.8 Å². The van der Waals surface area contributed by atoms with E-state index < -0.39 is 6.10 Å². The third kappa shape index (κ3) is 4.27. The van der Waals surface area contributed by atoms with Gasteiger partial charge in [-0.25, -0.2) is 9.50 Å². The van der Waals surface area contributed by atoms with Crippen molar-refractivity contribution < 1.29 is 19.8 Å². The van der Waals surface area contributed by atoms with Gasteiger partial charge < -0.3 is 20.4 Å². The van der Waals surface area contributed by atoms with Crippen LogP contribution in [0.3, 0.4) is 0 Å². The van der Waals surface area contributed by atoms with E-state index in [0.29, 0.717) is 19.5 Å². The third-order valence-electron chi connectivity index (χ3n) is 3.94. The predicted molar refractivity (Wildman–Crippen MR) is 85.1 cm³/mol. The number of fused-ring (bicyclic) bond motifs is 1. The molecule has 3 N–H and O–H groups in total. The van der Waals surface area contributed by atoms with Gasteiger partial charge in [-0.1, -0.05) is 6.07 Å². The zero-order valence-electron chi connectivity index (χ0n) is 13.4. The van der Waals surface area contributed by atoms with Crippen molar-refractivity contribution >= 4 is 18.0 Å². The summed E-state index contributed by atoms with van der Waals surface area (Å²) in [7, 11) is 1.96. The number of likely N-dealkylation sites (tertiary alicyclic amines) is 1. The number of amides is 1. The van der Waals surface area contributed by atoms with E-state index in [1.165, 1.54) is 6.33 Å². The average Bonchev–Trinajstić information content (AvgIpc) is 3.05. The quantitative estimate of drug-likeness (QED) is 0.638. The maximum atomic E-state index is 12.3. The molecule has 9 nitrogen and oxygen atoms in total. The van der Waals surface area contributed by atoms with Gasteiger partial charge in [-0.15, -0.1) is 0 Å². The van der Waals surface area contributed by atoms with Gasteiger partial charge in [-0.3, -0.25) is 9.59 Å². The second-order valence-corrected chi connectivity index (χ2v) is 5.60. The van der Waals surface area contributed by atoms with Crippen LogP contribution in [0, 0.1) is 5.92 Å². The van der Waals surface area contributed by atoms with E-state index in [1.807, 2.05) is 25.2 Å². The van der Waals surface area contributed by atoms with Crippen molar-refractivity contribution in [3.8, 4) is 0 Å². The largest absolute Gasteiger partial charge is 0.483 e. The van der Waals surface area contributed by atoms with Gasteiger partial charge in [-0.05, 0) is 25.6 Å². The first-order chi connectivity index (χ1) is 11.6. The Bertz CT molecular complexity index is 689. The Morgan fingerprint density at radius 1 is 1.50 bits per heavy atom. The summed E-state index contributed by atoms with van der Waals surface area (Å²) in [6, 6.07) is 5.64. The highest BCUT2D eigenvalue weighted by atomic mass is 16.3. The Balaban J connectivity index is 0.000000647. The fourth-order valence-corrected chi connectivity index (χ4v) is 2.70. The smallest absolute Gasteiger partial charge is 0.290 e. The SMILES string of the molecule is CN1CC[C@@H](O)[C@H](C(=O)NCc2cccc3ncnn23)C1.O=CO. The zero-order chi connectivity index (χ0) is 17.5. The predicted octanol–water partition coefficient (Wildman–Crippen LogP) is -0.641. The number of nitrogens with one attached hydrogen (secondary N) is 1. The molecule has 2 atom stereocenters. The highest BCUT2D eigenvalue weighted by Crippen LogP contribution is 2.16. The highest BCUT2D eigenvalue weighted by molar-refractivity contribution is 5.79. The molecule has 3 rings (SSSR count). The van der Waals surface area contributed by atoms with Crippen LogP contribution in [0.25, 0.3) is 5.65 Å². The molecule has 2 aromatic heterocycles. The number of pyridine rings is 1. The minimum absolute atomic E-state index is 0.119. The van der Waals surface area contributed by atoms with E-state index in [2.05, 4.69) is 20.3 Å². The van der Waals surface area contributed by atoms with Crippen LogP contribution in [-0.4, -0.2) is 68.3 Å². The Labute approximate surface area is 138 Å². The van der Waals surface area contributed by atoms with E-state index >= 15 is 0 Å². The summed E-state index contributed by atoms with van der Waals surface area (Å²) in [5.74, 6) is -0.495. The Morgan fingerprint density at radius 2 is 2.25 bits per heavy atom. The molecule has 1 amide bonds. The molecule has 0 aliphatic carbocycles. The van der Waals surface area contributed by atoms with Crippen molar-refractivity contribution in [3.63, 3.8) is 0 Å². The van der Waals surface area contributed by atoms with Crippen LogP contribution in [0.5, 0.6) is 0 Å². The number of carboxylic acid groups (broad SMARTS) is 1. The topological polar surface area (TPSA) is 120 Å². The number of piperidine rings is 1. The number of carbonyl (C=O) groups excluding carboxylic acids is 1. The standard InChI is InChI=1S/C14H19N5O2.CH2O2/c1-18-6-5-12(20)11(8-18)14(21)15-7-10-3-2-4-13-16-9-17-19(10)13;2-1-3/h2-4,9,11-12,20H,5-8H2,1H3,(H,15,21);1H,(H,2,3)/t11-,12-;/m1./s1. The van der Waals surface area contributed by atoms with E-state index in [1.54, 1.807) is 4.52 Å². The number of hydrogen-bond acceptors (Lipinski definition) is 6. The van der Waals surface area contributed by atoms with Crippen LogP contribution in [0.15, 0.2) is 24.5 Å². The Morgan fingerprint density at radius 3 is 3.00 bits per heavy atom. The maximum absolute atomic E-state index is 12.3. The van der Waals surface area contributed by atoms with E-state index in [-0.39, 0.29) is 18.3 Å². The zero-order valence-corrected chi connectivity index (χ0v) is 13.4. The van der Waals surface area contributed by atoms with Gasteiger partial charge in [0.25, 0.3) is 6.47 Å². The molecule has 0 radical (unpaired) electrons. The minimum Gasteiger partial charge on any atom is -0.483 e. The van der Waals surface area contributed by atoms with Crippen LogP contribution < -0.4 is 5.32 Å². The first kappa shape index (κ1) is 17.8. The molecule has 1 fully saturated rings. The molecule has 1 saturated heterocycles. The van der Waals surface area contributed by atoms with Gasteiger partial charge in [0.15, 0.2) is 5.65 Å². The van der Waals surface area contributed by atoms with Gasteiger partial charge >= 0.3 is 0 Å². The molecule has 0 aromatic carbocycles. The highest BCUT2D eigenvalue weighted by Gasteiger charge is 2.31. The summed E-state index contributed by atoms with van der Waals surface area (Å²) in [4.78, 5) is 26.8. The third-order valence-corrected chi connectivity index (χ3v) is 3.94. The van der Waals surface area contributed by atoms with Crippen LogP contribution in [0.2, 0.25) is 0 Å². The Hall–Kier alpha value is -2.52. The van der Waals surface area contributed by atoms with Crippen LogP contribution >= 0.6 is 0 Å². The van der Waals surface area contributed by atoms with Crippen molar-refractivity contribution in [2.45, 2.75) is 19.1 Å². The minimum atomic E-state index is -0.566. The summed E-state index contributed by atoms with van der Waals surface area (Å²) >= 11 is 0. The van der Waals surface area contributed by atoms with Crippen molar-refractivity contribution in [2.75, 3.05) is 20.1 Å². The monoisotopic (exact) mass is 335 g/mol. The second-order valence-electron chi connectivity index (χ2n) is 5.60. The summed E-state index contributed by atoms with van der Waals surface area (Å²) in [6.07, 6.45) is 1.55. The van der Waals surface area contributed by atoms with Gasteiger partial charge in [-0.2, -0.15) is 5.10 Å². The molecule has 0 spiro atoms. The number of nitrogens with zero attached hydrogens (tertiary/aromatic N) is 4. The molecule has 0 saturated carbocycles. The number of aliphatic hydroxyl groups is 1. The molecule has 1 aliphatic heterocycles. The maximum Gasteiger partial charge on any atom is 0.290 e. The summed E-state index contributed by atoms with van der Waals surface area (Å²) < 4.78 is 1.70. The first-order valence-corrected chi connectivity index (χ1v) is 7.56. The number of aliphatic hydroxyl groups excluding tert-OH is 1. The van der Waals surface area contributed by atoms with Crippen molar-refractivity contribution in [2.24, 2.45) is 5.92 Å². The summed E-state index contributed by atoms with van der Waals surface area (Å²) in [5.41, 5.74) is 1.61. The molecule has 24 heavy (non-hydrogen) atoms. The molecule has 2 aromatic rings. The van der Waals surface area contributed by atoms with E-state index in [9.17, 15) is 9.90 Å². The van der Waals surface area contributed by atoms with E-state index in [4.69, 9.17) is 9.90 Å². The molecule has 3 heterocycles. The van der Waals surface area contributed by atoms with Crippen LogP contribution in [0.4, 0.5) is 0 Å². The molecule has 1 aliphatic rings. The molecule has 0 unspecified atom stereocenters. The Kier molecular flexibility index (Phi) is 6.21. The number of carbonyl (C=O) groups is 2. The van der Waals surface area contributed by atoms with Gasteiger partial charge in [0.2, 0.25) is 5.91 Å². The van der Waals surface area contributed by atoms with Crippen molar-refractivity contribution in [3.05, 3.63) is 30.2 Å². The summed E-state index contributed by atoms with van der Waals surface area (Å²) in [6.45, 7) is 1.52. The van der Waals surface area contributed by atoms with Gasteiger partial charge in [0.05, 0.1) is 24.3 Å².